The second kappa shape index (κ2) is 39.2. The van der Waals surface area contributed by atoms with E-state index >= 15 is 0 Å². The molecular weight excluding hydrogens is 560 g/mol. The van der Waals surface area contributed by atoms with Crippen LogP contribution >= 0.6 is 15.9 Å². The Kier molecular flexibility index (Phi) is 40.4. The predicted octanol–water partition coefficient (Wildman–Crippen LogP) is 4.41. The summed E-state index contributed by atoms with van der Waals surface area (Å²) in [5.41, 5.74) is 0. The molecule has 0 rings (SSSR count). The van der Waals surface area contributed by atoms with Gasteiger partial charge in [-0.05, 0) is 25.7 Å². The van der Waals surface area contributed by atoms with E-state index in [-0.39, 0.29) is 25.2 Å². The lowest BCUT2D eigenvalue weighted by atomic mass is 10.2. The van der Waals surface area contributed by atoms with E-state index in [1.54, 1.807) is 0 Å². The molecule has 0 unspecified atom stereocenters. The fraction of sp³-hybridized carbons (Fsp3) is 0.562. The van der Waals surface area contributed by atoms with E-state index in [1.807, 2.05) is 0 Å². The lowest BCUT2D eigenvalue weighted by Crippen LogP contribution is -1.98. The molecule has 0 saturated carbocycles. The van der Waals surface area contributed by atoms with Gasteiger partial charge in [0.05, 0.1) is 38.8 Å². The Hall–Kier alpha value is -3.30. The van der Waals surface area contributed by atoms with Crippen LogP contribution in [0.5, 0.6) is 0 Å². The van der Waals surface area contributed by atoms with Crippen LogP contribution in [0.2, 0.25) is 0 Å². The Morgan fingerprint density at radius 2 is 0.974 bits per heavy atom. The number of ether oxygens (including phenoxy) is 2. The molecule has 0 amide bonds. The number of halogens is 1. The summed E-state index contributed by atoms with van der Waals surface area (Å²) in [5.74, 6) is 31.2. The van der Waals surface area contributed by atoms with Crippen LogP contribution in [0.25, 0.3) is 0 Å². The van der Waals surface area contributed by atoms with Gasteiger partial charge in [0.2, 0.25) is 0 Å². The zero-order valence-electron chi connectivity index (χ0n) is 23.3. The molecule has 0 spiro atoms. The number of carbonyl (C=O) groups excluding carboxylic acids is 2. The molecule has 0 aliphatic rings. The fourth-order valence-corrected chi connectivity index (χ4v) is 2.21. The number of aliphatic hydroxyl groups excluding tert-OH is 2. The first kappa shape index (κ1) is 40.2. The largest absolute Gasteiger partial charge is 0.469 e. The third-order valence-electron chi connectivity index (χ3n) is 3.98. The molecule has 212 valence electrons. The summed E-state index contributed by atoms with van der Waals surface area (Å²) < 4.78 is 9.02. The molecule has 0 bridgehead atoms. The fourth-order valence-electron chi connectivity index (χ4n) is 2.01. The number of aliphatic hydroxyl groups is 2. The molecule has 6 nitrogen and oxygen atoms in total. The standard InChI is InChI=1S/C16H20O3.C11H13BrO2.C5H8O/c1-19-16(18)14-12-10-8-6-4-2-3-5-7-9-11-13-15-17;1-14-11(13)9-7-5-3-2-4-6-8-10-12;1-2-3-4-5-6/h17H,4-5,10-15H2,1H3;4-5,7,9-10H2,1H3;1,6H,3-5H2. The maximum atomic E-state index is 10.8. The highest BCUT2D eigenvalue weighted by Gasteiger charge is 1.97. The van der Waals surface area contributed by atoms with Gasteiger partial charge < -0.3 is 19.7 Å². The van der Waals surface area contributed by atoms with E-state index in [4.69, 9.17) is 16.6 Å². The van der Waals surface area contributed by atoms with Gasteiger partial charge in [0.1, 0.15) is 0 Å². The van der Waals surface area contributed by atoms with Crippen LogP contribution in [0.3, 0.4) is 0 Å². The molecular formula is C32H41BrO6. The molecule has 39 heavy (non-hydrogen) atoms. The van der Waals surface area contributed by atoms with Gasteiger partial charge in [0.15, 0.2) is 0 Å². The third-order valence-corrected chi connectivity index (χ3v) is 4.26. The molecule has 0 radical (unpaired) electrons. The Balaban J connectivity index is -0.000000566. The quantitative estimate of drug-likeness (QED) is 0.167. The molecule has 0 fully saturated rings. The number of alkyl halides is 1. The Labute approximate surface area is 244 Å². The zero-order valence-corrected chi connectivity index (χ0v) is 24.9. The van der Waals surface area contributed by atoms with E-state index in [2.05, 4.69) is 90.5 Å². The first-order valence-electron chi connectivity index (χ1n) is 12.7. The smallest absolute Gasteiger partial charge is 0.305 e. The van der Waals surface area contributed by atoms with Crippen LogP contribution in [0.4, 0.5) is 0 Å². The molecule has 0 aromatic rings. The lowest BCUT2D eigenvalue weighted by Gasteiger charge is -1.93. The lowest BCUT2D eigenvalue weighted by molar-refractivity contribution is -0.141. The molecule has 0 aliphatic carbocycles. The van der Waals surface area contributed by atoms with Crippen LogP contribution in [0.1, 0.15) is 83.5 Å². The molecule has 0 saturated heterocycles. The molecule has 0 aromatic carbocycles. The summed E-state index contributed by atoms with van der Waals surface area (Å²) in [6.45, 7) is 0.399. The van der Waals surface area contributed by atoms with Gasteiger partial charge in [-0.15, -0.1) is 30.1 Å². The van der Waals surface area contributed by atoms with Gasteiger partial charge in [-0.25, -0.2) is 0 Å². The minimum atomic E-state index is -0.193. The first-order chi connectivity index (χ1) is 19.0. The molecule has 2 N–H and O–H groups in total. The number of hydrogen-bond donors (Lipinski definition) is 2. The third kappa shape index (κ3) is 45.0. The van der Waals surface area contributed by atoms with Crippen LogP contribution in [-0.4, -0.2) is 54.9 Å². The number of rotatable bonds is 10. The van der Waals surface area contributed by atoms with Gasteiger partial charge in [0.25, 0.3) is 0 Å². The van der Waals surface area contributed by atoms with Crippen molar-refractivity contribution in [1.29, 1.82) is 0 Å². The summed E-state index contributed by atoms with van der Waals surface area (Å²) >= 11 is 3.19. The van der Waals surface area contributed by atoms with Crippen LogP contribution in [-0.2, 0) is 19.1 Å². The average molecular weight is 602 g/mol. The van der Waals surface area contributed by atoms with Gasteiger partial charge in [-0.2, -0.15) is 0 Å². The Morgan fingerprint density at radius 3 is 1.31 bits per heavy atom. The number of unbranched alkanes of at least 4 members (excludes halogenated alkanes) is 4. The molecule has 0 heterocycles. The molecule has 0 aromatic heterocycles. The van der Waals surface area contributed by atoms with Crippen LogP contribution in [0.15, 0.2) is 0 Å². The van der Waals surface area contributed by atoms with Crippen LogP contribution < -0.4 is 0 Å². The highest BCUT2D eigenvalue weighted by atomic mass is 79.9. The second-order valence-electron chi connectivity index (χ2n) is 7.15. The average Bonchev–Trinajstić information content (AvgIpc) is 2.96. The summed E-state index contributed by atoms with van der Waals surface area (Å²) in [6.07, 6.45) is 13.2. The Morgan fingerprint density at radius 1 is 0.615 bits per heavy atom. The number of hydrogen-bond acceptors (Lipinski definition) is 6. The number of esters is 2. The maximum absolute atomic E-state index is 10.8. The minimum Gasteiger partial charge on any atom is -0.469 e. The second-order valence-corrected chi connectivity index (χ2v) is 7.71. The number of terminal acetylenes is 1. The summed E-state index contributed by atoms with van der Waals surface area (Å²) in [5, 5.41) is 17.3. The normalized spacial score (nSPS) is 7.90. The van der Waals surface area contributed by atoms with E-state index < -0.39 is 0 Å². The molecule has 0 atom stereocenters. The molecule has 0 aliphatic heterocycles. The van der Waals surface area contributed by atoms with Crippen molar-refractivity contribution < 1.29 is 29.3 Å². The van der Waals surface area contributed by atoms with Crippen molar-refractivity contribution in [1.82, 2.24) is 0 Å². The SMILES string of the molecule is C#CCCCO.COC(=O)CCCC#CCC#CCBr.COC(=O)CCCC#CCC#CCC#CCCCO. The van der Waals surface area contributed by atoms with E-state index in [9.17, 15) is 9.59 Å². The first-order valence-corrected chi connectivity index (χ1v) is 13.8. The zero-order chi connectivity index (χ0) is 29.7. The molecule has 7 heteroatoms. The van der Waals surface area contributed by atoms with E-state index in [1.165, 1.54) is 14.2 Å². The summed E-state index contributed by atoms with van der Waals surface area (Å²) in [4.78, 5) is 21.5. The van der Waals surface area contributed by atoms with Crippen molar-refractivity contribution >= 4 is 27.9 Å². The maximum Gasteiger partial charge on any atom is 0.305 e. The monoisotopic (exact) mass is 600 g/mol. The van der Waals surface area contributed by atoms with Gasteiger partial charge in [0, 0.05) is 51.7 Å². The van der Waals surface area contributed by atoms with Crippen molar-refractivity contribution in [2.24, 2.45) is 0 Å². The topological polar surface area (TPSA) is 93.1 Å². The predicted molar refractivity (Wildman–Crippen MR) is 160 cm³/mol. The van der Waals surface area contributed by atoms with Crippen molar-refractivity contribution in [2.75, 3.05) is 32.8 Å². The minimum absolute atomic E-state index is 0.175. The van der Waals surface area contributed by atoms with Crippen molar-refractivity contribution in [2.45, 2.75) is 83.5 Å². The highest BCUT2D eigenvalue weighted by molar-refractivity contribution is 9.09. The van der Waals surface area contributed by atoms with Gasteiger partial charge in [-0.1, -0.05) is 57.4 Å². The van der Waals surface area contributed by atoms with E-state index in [0.29, 0.717) is 50.3 Å². The van der Waals surface area contributed by atoms with Crippen molar-refractivity contribution in [3.05, 3.63) is 0 Å². The van der Waals surface area contributed by atoms with Gasteiger partial charge in [-0.3, -0.25) is 9.59 Å². The van der Waals surface area contributed by atoms with Crippen LogP contribution in [0, 0.1) is 71.5 Å². The van der Waals surface area contributed by atoms with Gasteiger partial charge >= 0.3 is 11.9 Å². The number of methoxy groups -OCH3 is 2. The summed E-state index contributed by atoms with van der Waals surface area (Å²) in [6, 6.07) is 0. The van der Waals surface area contributed by atoms with Crippen molar-refractivity contribution in [3.8, 4) is 71.5 Å². The summed E-state index contributed by atoms with van der Waals surface area (Å²) in [7, 11) is 2.78. The van der Waals surface area contributed by atoms with Crippen molar-refractivity contribution in [3.63, 3.8) is 0 Å². The van der Waals surface area contributed by atoms with E-state index in [0.717, 1.165) is 38.5 Å². The number of carbonyl (C=O) groups is 2. The Bertz CT molecular complexity index is 969. The highest BCUT2D eigenvalue weighted by Crippen LogP contribution is 1.96.